The molecule has 178 valence electrons. The lowest BCUT2D eigenvalue weighted by Gasteiger charge is -2.31. The smallest absolute Gasteiger partial charge is 0.245 e. The Labute approximate surface area is 197 Å². The van der Waals surface area contributed by atoms with Gasteiger partial charge in [-0.2, -0.15) is 4.31 Å². The van der Waals surface area contributed by atoms with Crippen molar-refractivity contribution in [1.29, 1.82) is 0 Å². The van der Waals surface area contributed by atoms with Gasteiger partial charge in [-0.25, -0.2) is 18.4 Å². The highest BCUT2D eigenvalue weighted by molar-refractivity contribution is 7.89. The van der Waals surface area contributed by atoms with Gasteiger partial charge in [-0.3, -0.25) is 0 Å². The fourth-order valence-electron chi connectivity index (χ4n) is 3.34. The standard InChI is InChI=1S/C24H33N5O3S/c1-7-10-14-19(8-2)17-28(4)23-21(22(25-9-3)26-18-27-23)24(32-6)29(5)33(30,31)20-15-12-11-13-16-20/h7-8,10-16,18,24H,1,9,17H2,2-6H3,(H,25,26,27)/b14-10-,19-8+/t24-/m0/s1. The number of hydrogen-bond donors (Lipinski definition) is 1. The molecule has 1 aromatic carbocycles. The molecule has 1 N–H and O–H groups in total. The molecule has 0 aliphatic carbocycles. The molecule has 0 aliphatic heterocycles. The van der Waals surface area contributed by atoms with E-state index in [2.05, 4.69) is 21.9 Å². The first kappa shape index (κ1) is 26.2. The van der Waals surface area contributed by atoms with Crippen LogP contribution in [0.5, 0.6) is 0 Å². The second kappa shape index (κ2) is 12.3. The minimum atomic E-state index is -3.84. The number of methoxy groups -OCH3 is 1. The lowest BCUT2D eigenvalue weighted by Crippen LogP contribution is -2.35. The number of sulfonamides is 1. The summed E-state index contributed by atoms with van der Waals surface area (Å²) in [5.74, 6) is 1.08. The van der Waals surface area contributed by atoms with Crippen molar-refractivity contribution >= 4 is 21.7 Å². The molecule has 2 aromatic rings. The Bertz CT molecular complexity index is 1080. The molecule has 8 nitrogen and oxygen atoms in total. The lowest BCUT2D eigenvalue weighted by atomic mass is 10.1. The van der Waals surface area contributed by atoms with Crippen LogP contribution in [0, 0.1) is 0 Å². The number of hydrogen-bond acceptors (Lipinski definition) is 7. The third-order valence-corrected chi connectivity index (χ3v) is 6.84. The van der Waals surface area contributed by atoms with Crippen LogP contribution in [-0.2, 0) is 14.8 Å². The van der Waals surface area contributed by atoms with Crippen LogP contribution in [0.4, 0.5) is 11.6 Å². The van der Waals surface area contributed by atoms with Crippen LogP contribution in [-0.4, -0.2) is 57.0 Å². The maximum Gasteiger partial charge on any atom is 0.245 e. The van der Waals surface area contributed by atoms with Crippen LogP contribution in [0.15, 0.2) is 78.0 Å². The van der Waals surface area contributed by atoms with Crippen LogP contribution < -0.4 is 10.2 Å². The van der Waals surface area contributed by atoms with E-state index in [0.29, 0.717) is 30.3 Å². The Morgan fingerprint density at radius 1 is 1.24 bits per heavy atom. The summed E-state index contributed by atoms with van der Waals surface area (Å²) in [6.45, 7) is 8.76. The maximum absolute atomic E-state index is 13.3. The fourth-order valence-corrected chi connectivity index (χ4v) is 4.62. The molecular formula is C24H33N5O3S. The molecule has 0 bridgehead atoms. The van der Waals surface area contributed by atoms with Crippen molar-refractivity contribution in [2.24, 2.45) is 0 Å². The monoisotopic (exact) mass is 471 g/mol. The molecule has 0 spiro atoms. The summed E-state index contributed by atoms with van der Waals surface area (Å²) < 4.78 is 33.6. The van der Waals surface area contributed by atoms with Gasteiger partial charge in [0.1, 0.15) is 18.0 Å². The van der Waals surface area contributed by atoms with Crippen molar-refractivity contribution in [3.63, 3.8) is 0 Å². The van der Waals surface area contributed by atoms with Crippen molar-refractivity contribution in [3.8, 4) is 0 Å². The number of allylic oxidation sites excluding steroid dienone is 3. The van der Waals surface area contributed by atoms with Crippen molar-refractivity contribution in [3.05, 3.63) is 78.7 Å². The van der Waals surface area contributed by atoms with Crippen molar-refractivity contribution in [2.45, 2.75) is 25.0 Å². The Hall–Kier alpha value is -3.01. The van der Waals surface area contributed by atoms with E-state index in [1.165, 1.54) is 24.8 Å². The summed E-state index contributed by atoms with van der Waals surface area (Å²) in [6, 6.07) is 8.26. The number of aromatic nitrogens is 2. The average molecular weight is 472 g/mol. The summed E-state index contributed by atoms with van der Waals surface area (Å²) in [7, 11) is 1.02. The molecule has 0 fully saturated rings. The number of nitrogens with zero attached hydrogens (tertiary/aromatic N) is 4. The van der Waals surface area contributed by atoms with Crippen LogP contribution >= 0.6 is 0 Å². The van der Waals surface area contributed by atoms with Gasteiger partial charge in [0.25, 0.3) is 0 Å². The molecule has 0 aliphatic rings. The summed E-state index contributed by atoms with van der Waals surface area (Å²) in [6.07, 6.45) is 8.05. The molecular weight excluding hydrogens is 438 g/mol. The number of rotatable bonds is 12. The first-order valence-electron chi connectivity index (χ1n) is 10.6. The highest BCUT2D eigenvalue weighted by Gasteiger charge is 2.34. The van der Waals surface area contributed by atoms with Gasteiger partial charge in [0.2, 0.25) is 10.0 Å². The molecule has 0 saturated heterocycles. The Kier molecular flexibility index (Phi) is 9.77. The van der Waals surface area contributed by atoms with Crippen molar-refractivity contribution in [2.75, 3.05) is 44.5 Å². The fraction of sp³-hybridized carbons (Fsp3) is 0.333. The van der Waals surface area contributed by atoms with E-state index in [1.807, 2.05) is 44.0 Å². The first-order valence-corrected chi connectivity index (χ1v) is 12.1. The third-order valence-electron chi connectivity index (χ3n) is 5.03. The minimum absolute atomic E-state index is 0.178. The molecule has 0 amide bonds. The van der Waals surface area contributed by atoms with Crippen LogP contribution in [0.1, 0.15) is 25.6 Å². The molecule has 0 unspecified atom stereocenters. The normalized spacial score (nSPS) is 13.3. The van der Waals surface area contributed by atoms with E-state index < -0.39 is 16.3 Å². The lowest BCUT2D eigenvalue weighted by molar-refractivity contribution is 0.0260. The van der Waals surface area contributed by atoms with Crippen molar-refractivity contribution < 1.29 is 13.2 Å². The van der Waals surface area contributed by atoms with Crippen molar-refractivity contribution in [1.82, 2.24) is 14.3 Å². The molecule has 33 heavy (non-hydrogen) atoms. The number of ether oxygens (including phenoxy) is 1. The second-order valence-electron chi connectivity index (χ2n) is 7.23. The zero-order valence-corrected chi connectivity index (χ0v) is 20.7. The van der Waals surface area contributed by atoms with E-state index in [-0.39, 0.29) is 4.90 Å². The van der Waals surface area contributed by atoms with Gasteiger partial charge < -0.3 is 15.0 Å². The molecule has 1 atom stereocenters. The minimum Gasteiger partial charge on any atom is -0.370 e. The first-order chi connectivity index (χ1) is 15.8. The van der Waals surface area contributed by atoms with Crippen LogP contribution in [0.2, 0.25) is 0 Å². The quantitative estimate of drug-likeness (QED) is 0.370. The van der Waals surface area contributed by atoms with E-state index in [0.717, 1.165) is 5.57 Å². The van der Waals surface area contributed by atoms with Gasteiger partial charge in [0.05, 0.1) is 10.5 Å². The summed E-state index contributed by atoms with van der Waals surface area (Å²) >= 11 is 0. The molecule has 1 aromatic heterocycles. The van der Waals surface area contributed by atoms with E-state index >= 15 is 0 Å². The van der Waals surface area contributed by atoms with E-state index in [1.54, 1.807) is 36.4 Å². The van der Waals surface area contributed by atoms with Gasteiger partial charge in [0.15, 0.2) is 6.23 Å². The predicted molar refractivity (Wildman–Crippen MR) is 134 cm³/mol. The summed E-state index contributed by atoms with van der Waals surface area (Å²) in [5, 5.41) is 3.21. The summed E-state index contributed by atoms with van der Waals surface area (Å²) in [5.41, 5.74) is 1.58. The zero-order valence-electron chi connectivity index (χ0n) is 19.9. The molecule has 0 saturated carbocycles. The van der Waals surface area contributed by atoms with Gasteiger partial charge in [0, 0.05) is 34.3 Å². The van der Waals surface area contributed by atoms with Gasteiger partial charge in [-0.1, -0.05) is 49.1 Å². The molecule has 2 rings (SSSR count). The Morgan fingerprint density at radius 2 is 1.94 bits per heavy atom. The Morgan fingerprint density at radius 3 is 2.52 bits per heavy atom. The highest BCUT2D eigenvalue weighted by Crippen LogP contribution is 2.36. The number of anilines is 2. The number of nitrogens with one attached hydrogen (secondary N) is 1. The molecule has 9 heteroatoms. The van der Waals surface area contributed by atoms with Gasteiger partial charge >= 0.3 is 0 Å². The average Bonchev–Trinajstić information content (AvgIpc) is 2.83. The predicted octanol–water partition coefficient (Wildman–Crippen LogP) is 4.00. The Balaban J connectivity index is 2.57. The van der Waals surface area contributed by atoms with Gasteiger partial charge in [-0.05, 0) is 31.6 Å². The van der Waals surface area contributed by atoms with Crippen LogP contribution in [0.3, 0.4) is 0 Å². The van der Waals surface area contributed by atoms with E-state index in [4.69, 9.17) is 4.74 Å². The topological polar surface area (TPSA) is 87.7 Å². The zero-order chi connectivity index (χ0) is 24.4. The maximum atomic E-state index is 13.3. The van der Waals surface area contributed by atoms with E-state index in [9.17, 15) is 8.42 Å². The highest BCUT2D eigenvalue weighted by atomic mass is 32.2. The number of benzene rings is 1. The molecule has 0 radical (unpaired) electrons. The van der Waals surface area contributed by atoms with Gasteiger partial charge in [-0.15, -0.1) is 0 Å². The molecule has 1 heterocycles. The second-order valence-corrected chi connectivity index (χ2v) is 9.22. The summed E-state index contributed by atoms with van der Waals surface area (Å²) in [4.78, 5) is 11.0. The third kappa shape index (κ3) is 6.28. The number of likely N-dealkylation sites (N-methyl/N-ethyl adjacent to an activating group) is 1. The SMILES string of the molecule is C=C/C=C\C(=C/C)CN(C)c1ncnc(NCC)c1[C@H](OC)N(C)S(=O)(=O)c1ccccc1. The largest absolute Gasteiger partial charge is 0.370 e. The van der Waals surface area contributed by atoms with Crippen LogP contribution in [0.25, 0.3) is 0 Å².